The van der Waals surface area contributed by atoms with Crippen LogP contribution >= 0.6 is 35.6 Å². The molecule has 0 aliphatic carbocycles. The first kappa shape index (κ1) is 16.1. The lowest BCUT2D eigenvalue weighted by Crippen LogP contribution is -2.29. The highest BCUT2D eigenvalue weighted by Gasteiger charge is 2.24. The quantitative estimate of drug-likeness (QED) is 0.924. The van der Waals surface area contributed by atoms with Crippen molar-refractivity contribution >= 4 is 35.6 Å². The van der Waals surface area contributed by atoms with Gasteiger partial charge in [-0.05, 0) is 49.6 Å². The van der Waals surface area contributed by atoms with Gasteiger partial charge in [0.15, 0.2) is 0 Å². The van der Waals surface area contributed by atoms with Crippen molar-refractivity contribution in [2.45, 2.75) is 25.9 Å². The Labute approximate surface area is 125 Å². The van der Waals surface area contributed by atoms with Gasteiger partial charge in [-0.15, -0.1) is 12.4 Å². The third-order valence-electron chi connectivity index (χ3n) is 3.38. The van der Waals surface area contributed by atoms with Crippen LogP contribution < -0.4 is 5.73 Å². The van der Waals surface area contributed by atoms with Crippen LogP contribution in [0, 0.1) is 5.92 Å². The summed E-state index contributed by atoms with van der Waals surface area (Å²) in [6, 6.07) is 6.00. The van der Waals surface area contributed by atoms with E-state index in [1.807, 2.05) is 12.1 Å². The van der Waals surface area contributed by atoms with E-state index in [9.17, 15) is 0 Å². The summed E-state index contributed by atoms with van der Waals surface area (Å²) in [6.45, 7) is 5.17. The molecule has 2 nitrogen and oxygen atoms in total. The third-order valence-corrected chi connectivity index (χ3v) is 3.82. The van der Waals surface area contributed by atoms with Crippen molar-refractivity contribution in [3.63, 3.8) is 0 Å². The van der Waals surface area contributed by atoms with Crippen molar-refractivity contribution in [2.24, 2.45) is 11.7 Å². The topological polar surface area (TPSA) is 29.3 Å². The molecule has 1 aliphatic rings. The Hall–Kier alpha value is 0.01000. The minimum Gasteiger partial charge on any atom is -0.328 e. The molecule has 1 fully saturated rings. The molecule has 0 aromatic heterocycles. The van der Waals surface area contributed by atoms with E-state index in [0.29, 0.717) is 16.0 Å². The van der Waals surface area contributed by atoms with E-state index in [4.69, 9.17) is 28.9 Å². The van der Waals surface area contributed by atoms with Crippen LogP contribution in [-0.4, -0.2) is 24.0 Å². The fraction of sp³-hybridized carbons (Fsp3) is 0.538. The lowest BCUT2D eigenvalue weighted by molar-refractivity contribution is 0.308. The zero-order valence-corrected chi connectivity index (χ0v) is 12.7. The van der Waals surface area contributed by atoms with Gasteiger partial charge in [-0.25, -0.2) is 0 Å². The summed E-state index contributed by atoms with van der Waals surface area (Å²) in [5.74, 6) is 0.615. The van der Waals surface area contributed by atoms with E-state index in [1.165, 1.54) is 12.0 Å². The fourth-order valence-corrected chi connectivity index (χ4v) is 2.97. The molecule has 5 heteroatoms. The molecule has 0 amide bonds. The largest absolute Gasteiger partial charge is 0.328 e. The molecular formula is C13H19Cl3N2. The Kier molecular flexibility index (Phi) is 6.22. The van der Waals surface area contributed by atoms with E-state index in [-0.39, 0.29) is 18.4 Å². The second-order valence-electron chi connectivity index (χ2n) is 4.92. The summed E-state index contributed by atoms with van der Waals surface area (Å²) in [7, 11) is 0. The highest BCUT2D eigenvalue weighted by molar-refractivity contribution is 6.34. The van der Waals surface area contributed by atoms with E-state index in [1.54, 1.807) is 6.07 Å². The molecule has 0 spiro atoms. The van der Waals surface area contributed by atoms with E-state index < -0.39 is 0 Å². The van der Waals surface area contributed by atoms with E-state index in [0.717, 1.165) is 19.6 Å². The Morgan fingerprint density at radius 1 is 1.33 bits per heavy atom. The third kappa shape index (κ3) is 4.29. The molecule has 0 radical (unpaired) electrons. The lowest BCUT2D eigenvalue weighted by Gasteiger charge is -2.18. The number of nitrogens with zero attached hydrogens (tertiary/aromatic N) is 1. The summed E-state index contributed by atoms with van der Waals surface area (Å²) in [4.78, 5) is 2.41. The molecule has 1 heterocycles. The van der Waals surface area contributed by atoms with Crippen LogP contribution in [-0.2, 0) is 6.54 Å². The van der Waals surface area contributed by atoms with Crippen LogP contribution in [0.3, 0.4) is 0 Å². The fourth-order valence-electron chi connectivity index (χ4n) is 2.40. The van der Waals surface area contributed by atoms with Crippen LogP contribution in [0.4, 0.5) is 0 Å². The van der Waals surface area contributed by atoms with Gasteiger partial charge < -0.3 is 5.73 Å². The average molecular weight is 310 g/mol. The second kappa shape index (κ2) is 6.97. The molecule has 2 unspecified atom stereocenters. The average Bonchev–Trinajstić information content (AvgIpc) is 2.64. The second-order valence-corrected chi connectivity index (χ2v) is 5.79. The van der Waals surface area contributed by atoms with Crippen LogP contribution in [0.15, 0.2) is 18.2 Å². The van der Waals surface area contributed by atoms with Gasteiger partial charge in [-0.1, -0.05) is 23.2 Å². The molecule has 1 aromatic carbocycles. The van der Waals surface area contributed by atoms with Gasteiger partial charge in [-0.2, -0.15) is 0 Å². The molecule has 1 aromatic rings. The normalized spacial score (nSPS) is 21.7. The smallest absolute Gasteiger partial charge is 0.0424 e. The van der Waals surface area contributed by atoms with Crippen molar-refractivity contribution in [3.05, 3.63) is 33.8 Å². The maximum atomic E-state index is 5.99. The minimum atomic E-state index is 0. The number of rotatable bonds is 3. The molecule has 0 saturated carbocycles. The van der Waals surface area contributed by atoms with E-state index in [2.05, 4.69) is 11.8 Å². The summed E-state index contributed by atoms with van der Waals surface area (Å²) in [6.07, 6.45) is 1.19. The highest BCUT2D eigenvalue weighted by atomic mass is 35.5. The first-order chi connectivity index (χ1) is 8.04. The predicted molar refractivity (Wildman–Crippen MR) is 80.7 cm³/mol. The molecule has 2 N–H and O–H groups in total. The van der Waals surface area contributed by atoms with Crippen molar-refractivity contribution < 1.29 is 0 Å². The van der Waals surface area contributed by atoms with Crippen molar-refractivity contribution in [1.29, 1.82) is 0 Å². The van der Waals surface area contributed by atoms with Crippen molar-refractivity contribution in [2.75, 3.05) is 13.1 Å². The number of halogens is 3. The number of likely N-dealkylation sites (tertiary alicyclic amines) is 1. The van der Waals surface area contributed by atoms with Gasteiger partial charge in [0, 0.05) is 29.2 Å². The number of benzene rings is 1. The molecule has 2 rings (SSSR count). The number of hydrogen-bond acceptors (Lipinski definition) is 2. The molecule has 1 aliphatic heterocycles. The van der Waals surface area contributed by atoms with Gasteiger partial charge >= 0.3 is 0 Å². The predicted octanol–water partition coefficient (Wildman–Crippen LogP) is 3.58. The van der Waals surface area contributed by atoms with Crippen LogP contribution in [0.25, 0.3) is 0 Å². The summed E-state index contributed by atoms with van der Waals surface area (Å²) in [5, 5.41) is 1.41. The molecule has 1 saturated heterocycles. The summed E-state index contributed by atoms with van der Waals surface area (Å²) in [5.41, 5.74) is 7.11. The molecule has 2 atom stereocenters. The number of hydrogen-bond donors (Lipinski definition) is 1. The molecule has 18 heavy (non-hydrogen) atoms. The minimum absolute atomic E-state index is 0. The maximum Gasteiger partial charge on any atom is 0.0424 e. The first-order valence-corrected chi connectivity index (χ1v) is 6.73. The van der Waals surface area contributed by atoms with E-state index >= 15 is 0 Å². The summed E-state index contributed by atoms with van der Waals surface area (Å²) >= 11 is 12.0. The molecule has 102 valence electrons. The SMILES string of the molecule is CC(N)C1CCN(Cc2cc(Cl)cc(Cl)c2)C1.Cl. The molecular weight excluding hydrogens is 291 g/mol. The Morgan fingerprint density at radius 2 is 1.94 bits per heavy atom. The van der Waals surface area contributed by atoms with Crippen molar-refractivity contribution in [3.8, 4) is 0 Å². The zero-order chi connectivity index (χ0) is 12.4. The Balaban J connectivity index is 0.00000162. The van der Waals surface area contributed by atoms with Gasteiger partial charge in [0.25, 0.3) is 0 Å². The standard InChI is InChI=1S/C13H18Cl2N2.ClH/c1-9(16)11-2-3-17(8-11)7-10-4-12(14)6-13(15)5-10;/h4-6,9,11H,2-3,7-8,16H2,1H3;1H. The van der Waals surface area contributed by atoms with Crippen LogP contribution in [0.2, 0.25) is 10.0 Å². The maximum absolute atomic E-state index is 5.99. The highest BCUT2D eigenvalue weighted by Crippen LogP contribution is 2.24. The zero-order valence-electron chi connectivity index (χ0n) is 10.4. The van der Waals surface area contributed by atoms with Crippen molar-refractivity contribution in [1.82, 2.24) is 4.90 Å². The summed E-state index contributed by atoms with van der Waals surface area (Å²) < 4.78 is 0. The molecule has 0 bridgehead atoms. The Morgan fingerprint density at radius 3 is 2.44 bits per heavy atom. The van der Waals surface area contributed by atoms with Gasteiger partial charge in [-0.3, -0.25) is 4.90 Å². The monoisotopic (exact) mass is 308 g/mol. The van der Waals surface area contributed by atoms with Crippen LogP contribution in [0.5, 0.6) is 0 Å². The van der Waals surface area contributed by atoms with Gasteiger partial charge in [0.1, 0.15) is 0 Å². The van der Waals surface area contributed by atoms with Crippen LogP contribution in [0.1, 0.15) is 18.9 Å². The van der Waals surface area contributed by atoms with Gasteiger partial charge in [0.2, 0.25) is 0 Å². The number of nitrogens with two attached hydrogens (primary N) is 1. The van der Waals surface area contributed by atoms with Gasteiger partial charge in [0.05, 0.1) is 0 Å². The lowest BCUT2D eigenvalue weighted by atomic mass is 10.0. The Bertz CT molecular complexity index is 376. The first-order valence-electron chi connectivity index (χ1n) is 5.97.